The molecule has 0 radical (unpaired) electrons. The average molecular weight is 458 g/mol. The third-order valence-corrected chi connectivity index (χ3v) is 5.87. The normalized spacial score (nSPS) is 19.3. The van der Waals surface area contributed by atoms with E-state index in [1.807, 2.05) is 0 Å². The SMILES string of the molecule is O=[N+]([O-])c1ccc([C@H]2Oc3c(Cl)cc(Cl)cc3[C@@H]3CC(c4ccc(F)cc4)=NN23)cc1. The number of nitrogens with zero attached hydrogens (tertiary/aromatic N) is 3. The molecule has 0 bridgehead atoms. The van der Waals surface area contributed by atoms with Gasteiger partial charge in [-0.3, -0.25) is 10.1 Å². The third-order valence-electron chi connectivity index (χ3n) is 5.37. The number of nitro groups is 1. The van der Waals surface area contributed by atoms with Gasteiger partial charge in [-0.25, -0.2) is 9.40 Å². The maximum atomic E-state index is 13.4. The Morgan fingerprint density at radius 3 is 2.48 bits per heavy atom. The maximum Gasteiger partial charge on any atom is 0.269 e. The molecule has 3 aromatic carbocycles. The fraction of sp³-hybridized carbons (Fsp3) is 0.136. The molecule has 2 atom stereocenters. The molecule has 3 aromatic rings. The predicted octanol–water partition coefficient (Wildman–Crippen LogP) is 6.28. The van der Waals surface area contributed by atoms with Gasteiger partial charge in [0.25, 0.3) is 5.69 Å². The Hall–Kier alpha value is -3.16. The van der Waals surface area contributed by atoms with Crippen LogP contribution in [0.1, 0.15) is 35.4 Å². The lowest BCUT2D eigenvalue weighted by atomic mass is 9.96. The Kier molecular flexibility index (Phi) is 4.79. The molecule has 0 saturated heterocycles. The third kappa shape index (κ3) is 3.49. The molecule has 156 valence electrons. The summed E-state index contributed by atoms with van der Waals surface area (Å²) in [7, 11) is 0. The summed E-state index contributed by atoms with van der Waals surface area (Å²) in [6.07, 6.45) is -0.0998. The molecule has 0 aromatic heterocycles. The Morgan fingerprint density at radius 1 is 1.10 bits per heavy atom. The van der Waals surface area contributed by atoms with Crippen LogP contribution in [0.3, 0.4) is 0 Å². The van der Waals surface area contributed by atoms with Crippen LogP contribution in [0, 0.1) is 15.9 Å². The van der Waals surface area contributed by atoms with Crippen LogP contribution in [0.25, 0.3) is 0 Å². The number of rotatable bonds is 3. The van der Waals surface area contributed by atoms with Crippen molar-refractivity contribution in [1.82, 2.24) is 5.01 Å². The summed E-state index contributed by atoms with van der Waals surface area (Å²) >= 11 is 12.7. The second-order valence-electron chi connectivity index (χ2n) is 7.28. The predicted molar refractivity (Wildman–Crippen MR) is 115 cm³/mol. The van der Waals surface area contributed by atoms with E-state index in [4.69, 9.17) is 33.0 Å². The van der Waals surface area contributed by atoms with Crippen molar-refractivity contribution in [2.75, 3.05) is 0 Å². The molecule has 0 spiro atoms. The lowest BCUT2D eigenvalue weighted by Gasteiger charge is -2.38. The molecule has 6 nitrogen and oxygen atoms in total. The van der Waals surface area contributed by atoms with Gasteiger partial charge in [0.1, 0.15) is 11.6 Å². The van der Waals surface area contributed by atoms with Crippen LogP contribution < -0.4 is 4.74 Å². The topological polar surface area (TPSA) is 68.0 Å². The molecule has 0 unspecified atom stereocenters. The first-order chi connectivity index (χ1) is 14.9. The summed E-state index contributed by atoms with van der Waals surface area (Å²) in [6, 6.07) is 15.5. The van der Waals surface area contributed by atoms with E-state index in [-0.39, 0.29) is 17.5 Å². The summed E-state index contributed by atoms with van der Waals surface area (Å²) in [6.45, 7) is 0. The molecule has 2 aliphatic heterocycles. The van der Waals surface area contributed by atoms with Crippen LogP contribution in [-0.4, -0.2) is 15.6 Å². The number of fused-ring (bicyclic) bond motifs is 3. The number of hydrazone groups is 1. The minimum absolute atomic E-state index is 0.0155. The van der Waals surface area contributed by atoms with E-state index in [0.717, 1.165) is 16.8 Å². The van der Waals surface area contributed by atoms with Crippen LogP contribution in [0.15, 0.2) is 65.8 Å². The summed E-state index contributed by atoms with van der Waals surface area (Å²) in [5, 5.41) is 18.4. The van der Waals surface area contributed by atoms with Gasteiger partial charge in [0.05, 0.1) is 21.7 Å². The molecule has 0 amide bonds. The van der Waals surface area contributed by atoms with Crippen molar-refractivity contribution >= 4 is 34.6 Å². The first kappa shape index (κ1) is 19.8. The highest BCUT2D eigenvalue weighted by molar-refractivity contribution is 6.35. The van der Waals surface area contributed by atoms with Gasteiger partial charge in [-0.15, -0.1) is 0 Å². The fourth-order valence-electron chi connectivity index (χ4n) is 3.91. The highest BCUT2D eigenvalue weighted by Crippen LogP contribution is 2.50. The average Bonchev–Trinajstić information content (AvgIpc) is 3.19. The largest absolute Gasteiger partial charge is 0.463 e. The lowest BCUT2D eigenvalue weighted by Crippen LogP contribution is -2.33. The van der Waals surface area contributed by atoms with E-state index >= 15 is 0 Å². The van der Waals surface area contributed by atoms with E-state index in [9.17, 15) is 14.5 Å². The van der Waals surface area contributed by atoms with Crippen LogP contribution in [0.4, 0.5) is 10.1 Å². The molecule has 31 heavy (non-hydrogen) atoms. The smallest absolute Gasteiger partial charge is 0.269 e. The molecule has 0 aliphatic carbocycles. The van der Waals surface area contributed by atoms with Gasteiger partial charge < -0.3 is 4.74 Å². The van der Waals surface area contributed by atoms with Crippen molar-refractivity contribution in [3.63, 3.8) is 0 Å². The molecule has 0 fully saturated rings. The van der Waals surface area contributed by atoms with Crippen LogP contribution >= 0.6 is 23.2 Å². The van der Waals surface area contributed by atoms with Gasteiger partial charge in [-0.05, 0) is 42.0 Å². The second kappa shape index (κ2) is 7.51. The Labute approximate surface area is 186 Å². The van der Waals surface area contributed by atoms with E-state index < -0.39 is 11.2 Å². The zero-order valence-electron chi connectivity index (χ0n) is 15.8. The first-order valence-corrected chi connectivity index (χ1v) is 10.2. The molecular weight excluding hydrogens is 444 g/mol. The molecule has 9 heteroatoms. The second-order valence-corrected chi connectivity index (χ2v) is 8.12. The van der Waals surface area contributed by atoms with Gasteiger partial charge in [-0.1, -0.05) is 35.3 Å². The van der Waals surface area contributed by atoms with Crippen molar-refractivity contribution in [3.8, 4) is 5.75 Å². The zero-order chi connectivity index (χ0) is 21.7. The van der Waals surface area contributed by atoms with Gasteiger partial charge in [-0.2, -0.15) is 5.10 Å². The molecule has 5 rings (SSSR count). The summed E-state index contributed by atoms with van der Waals surface area (Å²) < 4.78 is 19.6. The van der Waals surface area contributed by atoms with Crippen LogP contribution in [0.2, 0.25) is 10.0 Å². The van der Waals surface area contributed by atoms with Crippen LogP contribution in [-0.2, 0) is 0 Å². The van der Waals surface area contributed by atoms with Crippen molar-refractivity contribution in [2.45, 2.75) is 18.7 Å². The quantitative estimate of drug-likeness (QED) is 0.342. The fourth-order valence-corrected chi connectivity index (χ4v) is 4.47. The Balaban J connectivity index is 1.60. The van der Waals surface area contributed by atoms with Crippen molar-refractivity contribution in [3.05, 3.63) is 103 Å². The van der Waals surface area contributed by atoms with Crippen molar-refractivity contribution in [1.29, 1.82) is 0 Å². The summed E-state index contributed by atoms with van der Waals surface area (Å²) in [4.78, 5) is 10.6. The summed E-state index contributed by atoms with van der Waals surface area (Å²) in [5.74, 6) is 0.183. The monoisotopic (exact) mass is 457 g/mol. The van der Waals surface area contributed by atoms with Gasteiger partial charge in [0, 0.05) is 34.7 Å². The summed E-state index contributed by atoms with van der Waals surface area (Å²) in [5.41, 5.74) is 3.04. The van der Waals surface area contributed by atoms with E-state index in [0.29, 0.717) is 27.8 Å². The lowest BCUT2D eigenvalue weighted by molar-refractivity contribution is -0.384. The number of non-ortho nitro benzene ring substituents is 1. The van der Waals surface area contributed by atoms with E-state index in [1.165, 1.54) is 24.3 Å². The molecule has 2 heterocycles. The number of ether oxygens (including phenoxy) is 1. The standard InChI is InChI=1S/C22H14Cl2FN3O3/c23-14-9-17-20-11-19(12-1-5-15(25)6-2-12)26-27(20)22(31-21(17)18(24)10-14)13-3-7-16(8-4-13)28(29)30/h1-10,20,22H,11H2/t20-,22+/m0/s1. The molecule has 2 aliphatic rings. The maximum absolute atomic E-state index is 13.4. The molecule has 0 saturated carbocycles. The van der Waals surface area contributed by atoms with E-state index in [1.54, 1.807) is 41.4 Å². The minimum atomic E-state index is -0.644. The van der Waals surface area contributed by atoms with Gasteiger partial charge in [0.15, 0.2) is 0 Å². The first-order valence-electron chi connectivity index (χ1n) is 9.42. The van der Waals surface area contributed by atoms with Gasteiger partial charge in [0.2, 0.25) is 6.23 Å². The van der Waals surface area contributed by atoms with Gasteiger partial charge >= 0.3 is 0 Å². The number of benzene rings is 3. The zero-order valence-corrected chi connectivity index (χ0v) is 17.3. The highest BCUT2D eigenvalue weighted by atomic mass is 35.5. The number of nitro benzene ring substituents is 1. The van der Waals surface area contributed by atoms with Crippen LogP contribution in [0.5, 0.6) is 5.75 Å². The molecular formula is C22H14Cl2FN3O3. The minimum Gasteiger partial charge on any atom is -0.463 e. The Morgan fingerprint density at radius 2 is 1.81 bits per heavy atom. The highest BCUT2D eigenvalue weighted by Gasteiger charge is 2.42. The number of hydrogen-bond donors (Lipinski definition) is 0. The Bertz CT molecular complexity index is 1220. The van der Waals surface area contributed by atoms with E-state index in [2.05, 4.69) is 0 Å². The van der Waals surface area contributed by atoms with Crippen molar-refractivity contribution in [2.24, 2.45) is 5.10 Å². The number of halogens is 3. The van der Waals surface area contributed by atoms with Crippen molar-refractivity contribution < 1.29 is 14.1 Å². The molecule has 0 N–H and O–H groups in total. The number of hydrogen-bond acceptors (Lipinski definition) is 5.